The molecule has 1 aromatic heterocycles. The van der Waals surface area contributed by atoms with Gasteiger partial charge in [-0.3, -0.25) is 9.69 Å². The molecule has 1 amide bonds. The number of hydrogen-bond acceptors (Lipinski definition) is 3. The van der Waals surface area contributed by atoms with E-state index in [2.05, 4.69) is 33.9 Å². The van der Waals surface area contributed by atoms with E-state index in [0.29, 0.717) is 11.5 Å². The SMILES string of the molecule is [C-]#[N+]c1cnc2c(c1)C1(CCN(C)CC1)C(=O)N2c1ccc(-c2ccccc2)cc1. The third-order valence-electron chi connectivity index (χ3n) is 6.39. The fourth-order valence-corrected chi connectivity index (χ4v) is 4.62. The second kappa shape index (κ2) is 7.08. The Morgan fingerprint density at radius 1 is 1.00 bits per heavy atom. The lowest BCUT2D eigenvalue weighted by atomic mass is 9.74. The molecule has 3 heterocycles. The zero-order valence-electron chi connectivity index (χ0n) is 16.9. The number of hydrogen-bond donors (Lipinski definition) is 0. The van der Waals surface area contributed by atoms with E-state index in [9.17, 15) is 4.79 Å². The molecule has 0 bridgehead atoms. The fourth-order valence-electron chi connectivity index (χ4n) is 4.62. The molecule has 30 heavy (non-hydrogen) atoms. The minimum atomic E-state index is -0.590. The lowest BCUT2D eigenvalue weighted by Gasteiger charge is -2.36. The van der Waals surface area contributed by atoms with E-state index in [0.717, 1.165) is 48.3 Å². The van der Waals surface area contributed by atoms with Crippen LogP contribution in [0.3, 0.4) is 0 Å². The molecule has 2 aromatic carbocycles. The van der Waals surface area contributed by atoms with E-state index in [4.69, 9.17) is 6.57 Å². The number of likely N-dealkylation sites (tertiary alicyclic amines) is 1. The monoisotopic (exact) mass is 394 g/mol. The van der Waals surface area contributed by atoms with Gasteiger partial charge in [-0.1, -0.05) is 42.5 Å². The summed E-state index contributed by atoms with van der Waals surface area (Å²) in [5, 5.41) is 0. The van der Waals surface area contributed by atoms with Crippen LogP contribution in [-0.2, 0) is 10.2 Å². The zero-order valence-corrected chi connectivity index (χ0v) is 16.9. The molecule has 0 unspecified atom stereocenters. The van der Waals surface area contributed by atoms with Crippen LogP contribution >= 0.6 is 0 Å². The molecule has 5 rings (SSSR count). The van der Waals surface area contributed by atoms with Crippen molar-refractivity contribution in [2.45, 2.75) is 18.3 Å². The summed E-state index contributed by atoms with van der Waals surface area (Å²) in [5.74, 6) is 0.747. The molecule has 0 aliphatic carbocycles. The number of amides is 1. The molecule has 5 heteroatoms. The van der Waals surface area contributed by atoms with E-state index >= 15 is 0 Å². The number of nitrogens with zero attached hydrogens (tertiary/aromatic N) is 4. The minimum absolute atomic E-state index is 0.0766. The van der Waals surface area contributed by atoms with E-state index in [1.165, 1.54) is 0 Å². The van der Waals surface area contributed by atoms with Crippen molar-refractivity contribution in [1.29, 1.82) is 0 Å². The van der Waals surface area contributed by atoms with Crippen LogP contribution in [0.5, 0.6) is 0 Å². The summed E-state index contributed by atoms with van der Waals surface area (Å²) in [7, 11) is 2.08. The summed E-state index contributed by atoms with van der Waals surface area (Å²) >= 11 is 0. The Balaban J connectivity index is 1.58. The molecular weight excluding hydrogens is 372 g/mol. The molecule has 1 saturated heterocycles. The molecular formula is C25H22N4O. The van der Waals surface area contributed by atoms with Crippen LogP contribution in [0.1, 0.15) is 18.4 Å². The first-order valence-electron chi connectivity index (χ1n) is 10.2. The number of anilines is 2. The van der Waals surface area contributed by atoms with Gasteiger partial charge in [-0.05, 0) is 62.3 Å². The number of fused-ring (bicyclic) bond motifs is 2. The Kier molecular flexibility index (Phi) is 4.38. The van der Waals surface area contributed by atoms with Crippen LogP contribution in [0, 0.1) is 6.57 Å². The summed E-state index contributed by atoms with van der Waals surface area (Å²) in [6, 6.07) is 20.1. The lowest BCUT2D eigenvalue weighted by Crippen LogP contribution is -2.46. The maximum atomic E-state index is 13.8. The highest BCUT2D eigenvalue weighted by Gasteiger charge is 2.53. The molecule has 2 aliphatic rings. The van der Waals surface area contributed by atoms with Gasteiger partial charge in [0.2, 0.25) is 11.6 Å². The van der Waals surface area contributed by atoms with Gasteiger partial charge in [0, 0.05) is 11.8 Å². The van der Waals surface area contributed by atoms with Crippen molar-refractivity contribution in [2.75, 3.05) is 25.0 Å². The lowest BCUT2D eigenvalue weighted by molar-refractivity contribution is -0.124. The molecule has 0 atom stereocenters. The summed E-state index contributed by atoms with van der Waals surface area (Å²) in [4.78, 5) is 25.9. The Hall–Kier alpha value is -3.49. The van der Waals surface area contributed by atoms with Gasteiger partial charge in [-0.15, -0.1) is 0 Å². The fraction of sp³-hybridized carbons (Fsp3) is 0.240. The van der Waals surface area contributed by atoms with E-state index < -0.39 is 5.41 Å². The van der Waals surface area contributed by atoms with E-state index in [-0.39, 0.29) is 5.91 Å². The summed E-state index contributed by atoms with van der Waals surface area (Å²) in [6.45, 7) is 9.10. The highest BCUT2D eigenvalue weighted by molar-refractivity contribution is 6.12. The third kappa shape index (κ3) is 2.80. The van der Waals surface area contributed by atoms with Crippen LogP contribution in [0.25, 0.3) is 16.0 Å². The number of aromatic nitrogens is 1. The topological polar surface area (TPSA) is 40.8 Å². The smallest absolute Gasteiger partial charge is 0.243 e. The van der Waals surface area contributed by atoms with Crippen molar-refractivity contribution in [2.24, 2.45) is 0 Å². The van der Waals surface area contributed by atoms with Gasteiger partial charge in [-0.2, -0.15) is 0 Å². The first-order chi connectivity index (χ1) is 14.6. The van der Waals surface area contributed by atoms with E-state index in [1.807, 2.05) is 48.5 Å². The normalized spacial score (nSPS) is 17.7. The quantitative estimate of drug-likeness (QED) is 0.578. The van der Waals surface area contributed by atoms with Gasteiger partial charge in [0.25, 0.3) is 0 Å². The highest BCUT2D eigenvalue weighted by atomic mass is 16.2. The standard InChI is InChI=1S/C25H22N4O/c1-26-20-16-22-23(27-17-20)29(24(30)25(22)12-14-28(2)15-13-25)21-10-8-19(9-11-21)18-6-4-3-5-7-18/h3-11,16-17H,12-15H2,2H3. The van der Waals surface area contributed by atoms with Gasteiger partial charge < -0.3 is 4.90 Å². The Labute approximate surface area is 176 Å². The van der Waals surface area contributed by atoms with Crippen molar-refractivity contribution in [3.63, 3.8) is 0 Å². The predicted octanol–water partition coefficient (Wildman–Crippen LogP) is 4.94. The molecule has 148 valence electrons. The van der Waals surface area contributed by atoms with Gasteiger partial charge in [0.15, 0.2) is 0 Å². The van der Waals surface area contributed by atoms with Gasteiger partial charge in [-0.25, -0.2) is 9.83 Å². The van der Waals surface area contributed by atoms with Crippen molar-refractivity contribution in [3.05, 3.63) is 83.8 Å². The summed E-state index contributed by atoms with van der Waals surface area (Å²) in [5.41, 5.74) is 3.87. The number of carbonyl (C=O) groups excluding carboxylic acids is 1. The summed E-state index contributed by atoms with van der Waals surface area (Å²) in [6.07, 6.45) is 3.06. The Morgan fingerprint density at radius 3 is 2.33 bits per heavy atom. The van der Waals surface area contributed by atoms with Crippen LogP contribution in [0.15, 0.2) is 66.9 Å². The first kappa shape index (κ1) is 18.5. The van der Waals surface area contributed by atoms with Crippen LogP contribution in [0.4, 0.5) is 17.2 Å². The Morgan fingerprint density at radius 2 is 1.67 bits per heavy atom. The molecule has 0 radical (unpaired) electrons. The second-order valence-corrected chi connectivity index (χ2v) is 8.12. The number of benzene rings is 2. The van der Waals surface area contributed by atoms with Crippen LogP contribution < -0.4 is 4.90 Å². The molecule has 3 aromatic rings. The molecule has 0 N–H and O–H groups in total. The van der Waals surface area contributed by atoms with Crippen LogP contribution in [-0.4, -0.2) is 35.9 Å². The number of pyridine rings is 1. The molecule has 2 aliphatic heterocycles. The highest BCUT2D eigenvalue weighted by Crippen LogP contribution is 2.50. The van der Waals surface area contributed by atoms with Crippen LogP contribution in [0.2, 0.25) is 0 Å². The van der Waals surface area contributed by atoms with Gasteiger partial charge >= 0.3 is 0 Å². The maximum Gasteiger partial charge on any atom is 0.243 e. The Bertz CT molecular complexity index is 1140. The van der Waals surface area contributed by atoms with Gasteiger partial charge in [0.1, 0.15) is 5.82 Å². The summed E-state index contributed by atoms with van der Waals surface area (Å²) < 4.78 is 0. The number of rotatable bonds is 2. The maximum absolute atomic E-state index is 13.8. The predicted molar refractivity (Wildman–Crippen MR) is 118 cm³/mol. The first-order valence-corrected chi connectivity index (χ1v) is 10.2. The number of carbonyl (C=O) groups is 1. The average Bonchev–Trinajstić information content (AvgIpc) is 3.03. The average molecular weight is 394 g/mol. The molecule has 1 fully saturated rings. The van der Waals surface area contributed by atoms with Gasteiger partial charge in [0.05, 0.1) is 17.7 Å². The minimum Gasteiger partial charge on any atom is -0.306 e. The van der Waals surface area contributed by atoms with Crippen molar-refractivity contribution in [3.8, 4) is 11.1 Å². The van der Waals surface area contributed by atoms with E-state index in [1.54, 1.807) is 11.1 Å². The number of piperidine rings is 1. The van der Waals surface area contributed by atoms with Crippen molar-refractivity contribution >= 4 is 23.1 Å². The third-order valence-corrected chi connectivity index (χ3v) is 6.39. The molecule has 0 saturated carbocycles. The second-order valence-electron chi connectivity index (χ2n) is 8.12. The molecule has 5 nitrogen and oxygen atoms in total. The van der Waals surface area contributed by atoms with Crippen molar-refractivity contribution in [1.82, 2.24) is 9.88 Å². The molecule has 1 spiro atoms. The zero-order chi connectivity index (χ0) is 20.7. The van der Waals surface area contributed by atoms with Crippen molar-refractivity contribution < 1.29 is 4.79 Å². The largest absolute Gasteiger partial charge is 0.306 e.